The summed E-state index contributed by atoms with van der Waals surface area (Å²) in [5, 5.41) is 2.87. The van der Waals surface area contributed by atoms with Crippen LogP contribution in [0.25, 0.3) is 0 Å². The van der Waals surface area contributed by atoms with E-state index in [9.17, 15) is 4.79 Å². The van der Waals surface area contributed by atoms with Gasteiger partial charge in [0, 0.05) is 34.9 Å². The van der Waals surface area contributed by atoms with Gasteiger partial charge in [0.25, 0.3) is 5.91 Å². The molecule has 2 rings (SSSR count). The Bertz CT molecular complexity index is 528. The van der Waals surface area contributed by atoms with Crippen molar-refractivity contribution in [1.29, 1.82) is 0 Å². The number of hydrogen-bond acceptors (Lipinski definition) is 2. The molecule has 1 heterocycles. The molecule has 0 bridgehead atoms. The van der Waals surface area contributed by atoms with Gasteiger partial charge in [0.2, 0.25) is 0 Å². The summed E-state index contributed by atoms with van der Waals surface area (Å²) >= 11 is 3.35. The summed E-state index contributed by atoms with van der Waals surface area (Å²) in [6.45, 7) is 0.586. The third-order valence-corrected chi connectivity index (χ3v) is 2.97. The van der Waals surface area contributed by atoms with Crippen LogP contribution in [0.3, 0.4) is 0 Å². The highest BCUT2D eigenvalue weighted by Gasteiger charge is 2.04. The fraction of sp³-hybridized carbons (Fsp3) is 0.143. The van der Waals surface area contributed by atoms with Gasteiger partial charge in [-0.3, -0.25) is 9.78 Å². The number of benzene rings is 1. The van der Waals surface area contributed by atoms with E-state index in [4.69, 9.17) is 0 Å². The topological polar surface area (TPSA) is 42.0 Å². The van der Waals surface area contributed by atoms with E-state index < -0.39 is 0 Å². The average Bonchev–Trinajstić information content (AvgIpc) is 2.40. The van der Waals surface area contributed by atoms with Crippen LogP contribution < -0.4 is 5.32 Å². The number of carbonyl (C=O) groups excluding carboxylic acids is 1. The second-order valence-corrected chi connectivity index (χ2v) is 4.75. The van der Waals surface area contributed by atoms with Crippen LogP contribution >= 0.6 is 15.9 Å². The molecule has 3 nitrogen and oxygen atoms in total. The minimum atomic E-state index is -0.0627. The molecule has 18 heavy (non-hydrogen) atoms. The Morgan fingerprint density at radius 1 is 1.22 bits per heavy atom. The smallest absolute Gasteiger partial charge is 0.251 e. The first-order valence-corrected chi connectivity index (χ1v) is 6.49. The summed E-state index contributed by atoms with van der Waals surface area (Å²) in [6, 6.07) is 13.1. The highest BCUT2D eigenvalue weighted by molar-refractivity contribution is 9.10. The third kappa shape index (κ3) is 3.67. The van der Waals surface area contributed by atoms with Crippen LogP contribution in [0.5, 0.6) is 0 Å². The summed E-state index contributed by atoms with van der Waals surface area (Å²) in [5.74, 6) is -0.0627. The maximum absolute atomic E-state index is 11.8. The first-order valence-electron chi connectivity index (χ1n) is 5.69. The molecule has 0 saturated heterocycles. The molecule has 0 radical (unpaired) electrons. The second-order valence-electron chi connectivity index (χ2n) is 3.84. The lowest BCUT2D eigenvalue weighted by Gasteiger charge is -2.05. The second kappa shape index (κ2) is 6.31. The van der Waals surface area contributed by atoms with Gasteiger partial charge in [0.05, 0.1) is 0 Å². The van der Waals surface area contributed by atoms with Crippen LogP contribution in [0.2, 0.25) is 0 Å². The molecule has 1 amide bonds. The number of nitrogens with one attached hydrogen (secondary N) is 1. The number of carbonyl (C=O) groups is 1. The van der Waals surface area contributed by atoms with Crippen molar-refractivity contribution in [1.82, 2.24) is 10.3 Å². The predicted octanol–water partition coefficient (Wildman–Crippen LogP) is 2.82. The maximum atomic E-state index is 11.8. The minimum absolute atomic E-state index is 0.0627. The van der Waals surface area contributed by atoms with Crippen molar-refractivity contribution in [3.05, 3.63) is 64.4 Å². The lowest BCUT2D eigenvalue weighted by Crippen LogP contribution is -2.25. The van der Waals surface area contributed by atoms with Gasteiger partial charge in [-0.1, -0.05) is 28.1 Å². The first-order chi connectivity index (χ1) is 8.75. The summed E-state index contributed by atoms with van der Waals surface area (Å²) < 4.78 is 0.903. The van der Waals surface area contributed by atoms with Gasteiger partial charge >= 0.3 is 0 Å². The van der Waals surface area contributed by atoms with E-state index in [-0.39, 0.29) is 5.91 Å². The van der Waals surface area contributed by atoms with E-state index in [1.807, 2.05) is 30.3 Å². The van der Waals surface area contributed by atoms with Crippen LogP contribution in [0.4, 0.5) is 0 Å². The summed E-state index contributed by atoms with van der Waals surface area (Å²) in [5.41, 5.74) is 1.64. The van der Waals surface area contributed by atoms with Crippen molar-refractivity contribution in [2.45, 2.75) is 6.42 Å². The van der Waals surface area contributed by atoms with Crippen LogP contribution in [-0.2, 0) is 6.42 Å². The Hall–Kier alpha value is -1.68. The van der Waals surface area contributed by atoms with Crippen LogP contribution in [-0.4, -0.2) is 17.4 Å². The lowest BCUT2D eigenvalue weighted by molar-refractivity contribution is 0.0954. The maximum Gasteiger partial charge on any atom is 0.251 e. The van der Waals surface area contributed by atoms with Crippen LogP contribution in [0.1, 0.15) is 16.1 Å². The van der Waals surface area contributed by atoms with E-state index in [2.05, 4.69) is 26.2 Å². The monoisotopic (exact) mass is 304 g/mol. The van der Waals surface area contributed by atoms with Gasteiger partial charge in [-0.2, -0.15) is 0 Å². The molecule has 92 valence electrons. The number of pyridine rings is 1. The molecule has 0 aliphatic rings. The Labute approximate surface area is 114 Å². The molecule has 1 aromatic heterocycles. The summed E-state index contributed by atoms with van der Waals surface area (Å²) in [7, 11) is 0. The van der Waals surface area contributed by atoms with Crippen molar-refractivity contribution < 1.29 is 4.79 Å². The number of halogens is 1. The van der Waals surface area contributed by atoms with Crippen LogP contribution in [0.15, 0.2) is 53.1 Å². The number of amides is 1. The number of nitrogens with zero attached hydrogens (tertiary/aromatic N) is 1. The number of hydrogen-bond donors (Lipinski definition) is 1. The Balaban J connectivity index is 1.86. The number of rotatable bonds is 4. The summed E-state index contributed by atoms with van der Waals surface area (Å²) in [6.07, 6.45) is 2.49. The van der Waals surface area contributed by atoms with Crippen molar-refractivity contribution in [3.63, 3.8) is 0 Å². The molecular formula is C14H13BrN2O. The fourth-order valence-electron chi connectivity index (χ4n) is 1.58. The van der Waals surface area contributed by atoms with Gasteiger partial charge in [-0.15, -0.1) is 0 Å². The predicted molar refractivity (Wildman–Crippen MR) is 74.4 cm³/mol. The van der Waals surface area contributed by atoms with Crippen molar-refractivity contribution in [2.75, 3.05) is 6.54 Å². The Morgan fingerprint density at radius 2 is 2.11 bits per heavy atom. The molecule has 0 aliphatic heterocycles. The Kier molecular flexibility index (Phi) is 4.47. The van der Waals surface area contributed by atoms with Crippen LogP contribution in [0, 0.1) is 0 Å². The highest BCUT2D eigenvalue weighted by Crippen LogP contribution is 2.11. The fourth-order valence-corrected chi connectivity index (χ4v) is 1.98. The summed E-state index contributed by atoms with van der Waals surface area (Å²) in [4.78, 5) is 16.0. The van der Waals surface area contributed by atoms with Gasteiger partial charge in [-0.25, -0.2) is 0 Å². The van der Waals surface area contributed by atoms with Crippen molar-refractivity contribution in [3.8, 4) is 0 Å². The average molecular weight is 305 g/mol. The molecule has 1 aromatic carbocycles. The first kappa shape index (κ1) is 12.8. The van der Waals surface area contributed by atoms with Crippen molar-refractivity contribution in [2.24, 2.45) is 0 Å². The zero-order valence-corrected chi connectivity index (χ0v) is 11.4. The standard InChI is InChI=1S/C14H13BrN2O/c15-12-5-3-4-11(10-12)14(18)17-9-7-13-6-1-2-8-16-13/h1-6,8,10H,7,9H2,(H,17,18). The van der Waals surface area contributed by atoms with Crippen molar-refractivity contribution >= 4 is 21.8 Å². The zero-order chi connectivity index (χ0) is 12.8. The third-order valence-electron chi connectivity index (χ3n) is 2.48. The molecule has 0 unspecified atom stereocenters. The quantitative estimate of drug-likeness (QED) is 0.944. The van der Waals surface area contributed by atoms with E-state index in [1.165, 1.54) is 0 Å². The molecule has 0 atom stereocenters. The molecular weight excluding hydrogens is 292 g/mol. The van der Waals surface area contributed by atoms with Gasteiger partial charge in [-0.05, 0) is 30.3 Å². The normalized spacial score (nSPS) is 10.1. The largest absolute Gasteiger partial charge is 0.352 e. The van der Waals surface area contributed by atoms with Gasteiger partial charge in [0.15, 0.2) is 0 Å². The SMILES string of the molecule is O=C(NCCc1ccccn1)c1cccc(Br)c1. The lowest BCUT2D eigenvalue weighted by atomic mass is 10.2. The van der Waals surface area contributed by atoms with E-state index in [0.29, 0.717) is 12.1 Å². The molecule has 1 N–H and O–H groups in total. The number of aromatic nitrogens is 1. The molecule has 2 aromatic rings. The zero-order valence-electron chi connectivity index (χ0n) is 9.77. The van der Waals surface area contributed by atoms with Gasteiger partial charge < -0.3 is 5.32 Å². The molecule has 0 spiro atoms. The molecule has 0 saturated carbocycles. The van der Waals surface area contributed by atoms with E-state index in [1.54, 1.807) is 18.3 Å². The molecule has 0 aliphatic carbocycles. The Morgan fingerprint density at radius 3 is 2.83 bits per heavy atom. The van der Waals surface area contributed by atoms with E-state index in [0.717, 1.165) is 16.6 Å². The van der Waals surface area contributed by atoms with E-state index >= 15 is 0 Å². The molecule has 0 fully saturated rings. The van der Waals surface area contributed by atoms with Gasteiger partial charge in [0.1, 0.15) is 0 Å². The highest BCUT2D eigenvalue weighted by atomic mass is 79.9. The minimum Gasteiger partial charge on any atom is -0.352 e. The molecule has 4 heteroatoms.